The van der Waals surface area contributed by atoms with Crippen LogP contribution in [0.3, 0.4) is 0 Å². The van der Waals surface area contributed by atoms with Crippen molar-refractivity contribution in [3.63, 3.8) is 0 Å². The highest BCUT2D eigenvalue weighted by Crippen LogP contribution is 2.40. The Labute approximate surface area is 204 Å². The van der Waals surface area contributed by atoms with Crippen LogP contribution in [-0.2, 0) is 19.1 Å². The molecule has 2 aromatic rings. The highest BCUT2D eigenvalue weighted by molar-refractivity contribution is 5.99. The summed E-state index contributed by atoms with van der Waals surface area (Å²) in [4.78, 5) is 36.7. The lowest BCUT2D eigenvalue weighted by atomic mass is 9.80. The molecule has 182 valence electrons. The van der Waals surface area contributed by atoms with Crippen LogP contribution in [0.2, 0.25) is 0 Å². The fourth-order valence-electron chi connectivity index (χ4n) is 4.02. The summed E-state index contributed by atoms with van der Waals surface area (Å²) in [6.07, 6.45) is 5.37. The zero-order valence-corrected chi connectivity index (χ0v) is 19.9. The molecule has 3 rings (SSSR count). The maximum Gasteiger partial charge on any atom is 0.336 e. The van der Waals surface area contributed by atoms with Gasteiger partial charge in [0.05, 0.1) is 35.7 Å². The molecule has 0 radical (unpaired) electrons. The smallest absolute Gasteiger partial charge is 0.336 e. The molecule has 1 heterocycles. The zero-order chi connectivity index (χ0) is 25.4. The SMILES string of the molecule is COC(=O)C1=C(C)NC(C)=C(C(=O)OCCC/C=C/c2ccccc2)C1c1cccc([N+](=O)[O-])c1. The minimum Gasteiger partial charge on any atom is -0.466 e. The predicted octanol–water partition coefficient (Wildman–Crippen LogP) is 5.04. The molecular weight excluding hydrogens is 448 g/mol. The van der Waals surface area contributed by atoms with Gasteiger partial charge in [-0.25, -0.2) is 9.59 Å². The van der Waals surface area contributed by atoms with Gasteiger partial charge < -0.3 is 14.8 Å². The predicted molar refractivity (Wildman–Crippen MR) is 132 cm³/mol. The molecule has 0 bridgehead atoms. The zero-order valence-electron chi connectivity index (χ0n) is 19.9. The first kappa shape index (κ1) is 25.4. The first-order valence-corrected chi connectivity index (χ1v) is 11.2. The van der Waals surface area contributed by atoms with Crippen LogP contribution in [0.1, 0.15) is 43.7 Å². The lowest BCUT2D eigenvalue weighted by Crippen LogP contribution is -2.32. The molecule has 0 spiro atoms. The van der Waals surface area contributed by atoms with E-state index in [2.05, 4.69) is 5.32 Å². The van der Waals surface area contributed by atoms with E-state index < -0.39 is 22.8 Å². The summed E-state index contributed by atoms with van der Waals surface area (Å²) in [5, 5.41) is 14.4. The fourth-order valence-corrected chi connectivity index (χ4v) is 4.02. The number of carbonyl (C=O) groups excluding carboxylic acids is 2. The number of hydrogen-bond acceptors (Lipinski definition) is 7. The van der Waals surface area contributed by atoms with Gasteiger partial charge in [-0.05, 0) is 37.8 Å². The molecule has 0 aliphatic carbocycles. The number of hydrogen-bond donors (Lipinski definition) is 1. The van der Waals surface area contributed by atoms with E-state index >= 15 is 0 Å². The van der Waals surface area contributed by atoms with Crippen LogP contribution in [0.25, 0.3) is 6.08 Å². The van der Waals surface area contributed by atoms with Gasteiger partial charge in [0.2, 0.25) is 0 Å². The second-order valence-electron chi connectivity index (χ2n) is 8.07. The Morgan fingerprint density at radius 1 is 1.03 bits per heavy atom. The average Bonchev–Trinajstić information content (AvgIpc) is 2.85. The molecule has 2 aromatic carbocycles. The summed E-state index contributed by atoms with van der Waals surface area (Å²) >= 11 is 0. The topological polar surface area (TPSA) is 108 Å². The molecule has 0 saturated heterocycles. The number of nitro benzene ring substituents is 1. The summed E-state index contributed by atoms with van der Waals surface area (Å²) in [5.41, 5.74) is 2.83. The van der Waals surface area contributed by atoms with E-state index in [1.165, 1.54) is 25.3 Å². The molecule has 8 heteroatoms. The van der Waals surface area contributed by atoms with Crippen LogP contribution in [0.5, 0.6) is 0 Å². The van der Waals surface area contributed by atoms with E-state index in [1.807, 2.05) is 42.5 Å². The number of methoxy groups -OCH3 is 1. The average molecular weight is 477 g/mol. The van der Waals surface area contributed by atoms with Crippen molar-refractivity contribution in [3.8, 4) is 0 Å². The van der Waals surface area contributed by atoms with Gasteiger partial charge in [0.1, 0.15) is 0 Å². The Hall–Kier alpha value is -4.20. The molecule has 1 aliphatic rings. The van der Waals surface area contributed by atoms with Gasteiger partial charge in [-0.2, -0.15) is 0 Å². The Morgan fingerprint density at radius 2 is 1.71 bits per heavy atom. The van der Waals surface area contributed by atoms with Gasteiger partial charge >= 0.3 is 11.9 Å². The molecular formula is C27H28N2O6. The Kier molecular flexibility index (Phi) is 8.56. The molecule has 0 fully saturated rings. The van der Waals surface area contributed by atoms with Crippen LogP contribution in [-0.4, -0.2) is 30.6 Å². The summed E-state index contributed by atoms with van der Waals surface area (Å²) in [7, 11) is 1.25. The number of nitrogens with one attached hydrogen (secondary N) is 1. The van der Waals surface area contributed by atoms with Gasteiger partial charge in [0.15, 0.2) is 0 Å². The molecule has 0 aromatic heterocycles. The quantitative estimate of drug-likeness (QED) is 0.234. The minimum atomic E-state index is -0.867. The maximum atomic E-state index is 13.2. The molecule has 1 atom stereocenters. The van der Waals surface area contributed by atoms with Crippen molar-refractivity contribution in [3.05, 3.63) is 104 Å². The molecule has 0 saturated carbocycles. The van der Waals surface area contributed by atoms with Crippen LogP contribution >= 0.6 is 0 Å². The largest absolute Gasteiger partial charge is 0.466 e. The highest BCUT2D eigenvalue weighted by Gasteiger charge is 2.38. The van der Waals surface area contributed by atoms with Crippen LogP contribution in [0.4, 0.5) is 5.69 Å². The maximum absolute atomic E-state index is 13.2. The third kappa shape index (κ3) is 6.23. The number of ether oxygens (including phenoxy) is 2. The Balaban J connectivity index is 1.79. The van der Waals surface area contributed by atoms with Crippen LogP contribution in [0.15, 0.2) is 83.2 Å². The van der Waals surface area contributed by atoms with Crippen molar-refractivity contribution in [2.24, 2.45) is 0 Å². The number of benzene rings is 2. The van der Waals surface area contributed by atoms with Crippen molar-refractivity contribution in [2.45, 2.75) is 32.6 Å². The van der Waals surface area contributed by atoms with Crippen molar-refractivity contribution in [1.29, 1.82) is 0 Å². The van der Waals surface area contributed by atoms with Crippen molar-refractivity contribution >= 4 is 23.7 Å². The van der Waals surface area contributed by atoms with E-state index in [4.69, 9.17) is 9.47 Å². The van der Waals surface area contributed by atoms with E-state index in [1.54, 1.807) is 19.9 Å². The second-order valence-corrected chi connectivity index (χ2v) is 8.07. The lowest BCUT2D eigenvalue weighted by Gasteiger charge is -2.30. The number of non-ortho nitro benzene ring substituents is 1. The number of rotatable bonds is 9. The van der Waals surface area contributed by atoms with E-state index in [0.29, 0.717) is 23.4 Å². The number of nitrogens with zero attached hydrogens (tertiary/aromatic N) is 1. The first-order chi connectivity index (χ1) is 16.8. The molecule has 0 amide bonds. The van der Waals surface area contributed by atoms with Gasteiger partial charge in [-0.15, -0.1) is 0 Å². The second kappa shape index (κ2) is 11.8. The highest BCUT2D eigenvalue weighted by atomic mass is 16.6. The Morgan fingerprint density at radius 3 is 2.37 bits per heavy atom. The third-order valence-electron chi connectivity index (χ3n) is 5.66. The van der Waals surface area contributed by atoms with Gasteiger partial charge in [0, 0.05) is 23.5 Å². The van der Waals surface area contributed by atoms with Crippen molar-refractivity contribution in [2.75, 3.05) is 13.7 Å². The lowest BCUT2D eigenvalue weighted by molar-refractivity contribution is -0.384. The fraction of sp³-hybridized carbons (Fsp3) is 0.259. The Bertz CT molecular complexity index is 1200. The number of nitro groups is 1. The molecule has 1 aliphatic heterocycles. The summed E-state index contributed by atoms with van der Waals surface area (Å²) < 4.78 is 10.5. The molecule has 1 N–H and O–H groups in total. The monoisotopic (exact) mass is 476 g/mol. The number of allylic oxidation sites excluding steroid dienone is 3. The normalized spacial score (nSPS) is 15.7. The minimum absolute atomic E-state index is 0.140. The number of dihydropyridines is 1. The molecule has 35 heavy (non-hydrogen) atoms. The van der Waals surface area contributed by atoms with Gasteiger partial charge in [0.25, 0.3) is 5.69 Å². The van der Waals surface area contributed by atoms with Gasteiger partial charge in [-0.3, -0.25) is 10.1 Å². The molecule has 1 unspecified atom stereocenters. The summed E-state index contributed by atoms with van der Waals surface area (Å²) in [6.45, 7) is 3.59. The van der Waals surface area contributed by atoms with E-state index in [-0.39, 0.29) is 23.4 Å². The number of unbranched alkanes of at least 4 members (excludes halogenated alkanes) is 1. The van der Waals surface area contributed by atoms with E-state index in [0.717, 1.165) is 12.0 Å². The van der Waals surface area contributed by atoms with Crippen molar-refractivity contribution < 1.29 is 24.0 Å². The third-order valence-corrected chi connectivity index (χ3v) is 5.66. The van der Waals surface area contributed by atoms with Crippen LogP contribution in [0, 0.1) is 10.1 Å². The standard InChI is InChI=1S/C27H28N2O6/c1-18-23(26(30)34-3)25(21-14-10-15-22(17-21)29(32)33)24(19(2)28-18)27(31)35-16-9-5-8-13-20-11-6-4-7-12-20/h4,6-8,10-15,17,25,28H,5,9,16H2,1-3H3/b13-8+. The first-order valence-electron chi connectivity index (χ1n) is 11.2. The number of carbonyl (C=O) groups is 2. The van der Waals surface area contributed by atoms with Crippen molar-refractivity contribution in [1.82, 2.24) is 5.32 Å². The van der Waals surface area contributed by atoms with Gasteiger partial charge in [-0.1, -0.05) is 54.6 Å². The molecule has 8 nitrogen and oxygen atoms in total. The summed E-state index contributed by atoms with van der Waals surface area (Å²) in [6, 6.07) is 15.8. The number of esters is 2. The van der Waals surface area contributed by atoms with Crippen LogP contribution < -0.4 is 5.32 Å². The van der Waals surface area contributed by atoms with E-state index in [9.17, 15) is 19.7 Å². The summed E-state index contributed by atoms with van der Waals surface area (Å²) in [5.74, 6) is -2.09.